The third-order valence-electron chi connectivity index (χ3n) is 10.1. The monoisotopic (exact) mass is 358 g/mol. The number of aliphatic hydroxyl groups is 1. The average Bonchev–Trinajstić information content (AvgIpc) is 2.99. The van der Waals surface area contributed by atoms with Gasteiger partial charge in [0, 0.05) is 0 Å². The van der Waals surface area contributed by atoms with Gasteiger partial charge in [-0.2, -0.15) is 0 Å². The molecule has 0 spiro atoms. The van der Waals surface area contributed by atoms with Crippen molar-refractivity contribution in [3.8, 4) is 0 Å². The van der Waals surface area contributed by atoms with Crippen LogP contribution in [0.1, 0.15) is 91.4 Å². The van der Waals surface area contributed by atoms with Crippen molar-refractivity contribution < 1.29 is 5.11 Å². The predicted octanol–water partition coefficient (Wildman–Crippen LogP) is 6.61. The van der Waals surface area contributed by atoms with Crippen molar-refractivity contribution in [3.05, 3.63) is 12.7 Å². The van der Waals surface area contributed by atoms with E-state index in [0.717, 1.165) is 42.4 Å². The van der Waals surface area contributed by atoms with E-state index in [4.69, 9.17) is 0 Å². The van der Waals surface area contributed by atoms with Gasteiger partial charge in [0.15, 0.2) is 0 Å². The summed E-state index contributed by atoms with van der Waals surface area (Å²) < 4.78 is 0. The lowest BCUT2D eigenvalue weighted by molar-refractivity contribution is -0.115. The predicted molar refractivity (Wildman–Crippen MR) is 110 cm³/mol. The molecule has 9 atom stereocenters. The highest BCUT2D eigenvalue weighted by Gasteiger charge is 2.61. The Balaban J connectivity index is 1.59. The van der Waals surface area contributed by atoms with Gasteiger partial charge in [0.05, 0.1) is 6.10 Å². The van der Waals surface area contributed by atoms with Crippen LogP contribution in [0.2, 0.25) is 0 Å². The Morgan fingerprint density at radius 2 is 1.88 bits per heavy atom. The zero-order valence-corrected chi connectivity index (χ0v) is 17.6. The molecular formula is C25H42O. The Labute approximate surface area is 162 Å². The number of aliphatic hydroxyl groups excluding tert-OH is 1. The molecule has 1 nitrogen and oxygen atoms in total. The quantitative estimate of drug-likeness (QED) is 0.561. The topological polar surface area (TPSA) is 20.2 Å². The fourth-order valence-electron chi connectivity index (χ4n) is 8.96. The fourth-order valence-corrected chi connectivity index (χ4v) is 8.96. The first kappa shape index (κ1) is 19.0. The smallest absolute Gasteiger partial charge is 0.0543 e. The molecular weight excluding hydrogens is 316 g/mol. The van der Waals surface area contributed by atoms with Crippen LogP contribution in [0.5, 0.6) is 0 Å². The highest BCUT2D eigenvalue weighted by molar-refractivity contribution is 5.15. The Bertz CT molecular complexity index is 526. The first-order chi connectivity index (χ1) is 12.5. The Kier molecular flexibility index (Phi) is 5.08. The van der Waals surface area contributed by atoms with Crippen LogP contribution in [-0.2, 0) is 0 Å². The lowest BCUT2D eigenvalue weighted by atomic mass is 9.44. The molecule has 4 aliphatic rings. The molecule has 0 aliphatic heterocycles. The summed E-state index contributed by atoms with van der Waals surface area (Å²) in [6.45, 7) is 11.9. The summed E-state index contributed by atoms with van der Waals surface area (Å²) in [5.74, 6) is 5.29. The molecule has 1 N–H and O–H groups in total. The van der Waals surface area contributed by atoms with E-state index in [1.165, 1.54) is 57.8 Å². The standard InChI is InChI=1S/C25H42O/c1-5-7-17(3)21-10-11-22-20-9-8-18-16-19(26)12-15-25(18,6-2)23(20)13-14-24(21,22)4/h6,17-23,26H,2,5,7-16H2,1,3-4H3/t17-,18-,19-,20+,21-,22+,23+,24-,25+/m1/s1. The molecule has 0 saturated heterocycles. The van der Waals surface area contributed by atoms with Crippen LogP contribution in [0, 0.1) is 46.3 Å². The van der Waals surface area contributed by atoms with Gasteiger partial charge in [-0.15, -0.1) is 6.58 Å². The lowest BCUT2D eigenvalue weighted by Gasteiger charge is -2.61. The molecule has 0 aromatic heterocycles. The first-order valence-corrected chi connectivity index (χ1v) is 11.8. The molecule has 4 saturated carbocycles. The molecule has 0 heterocycles. The van der Waals surface area contributed by atoms with Gasteiger partial charge < -0.3 is 5.11 Å². The van der Waals surface area contributed by atoms with Crippen molar-refractivity contribution >= 4 is 0 Å². The van der Waals surface area contributed by atoms with E-state index >= 15 is 0 Å². The summed E-state index contributed by atoms with van der Waals surface area (Å²) >= 11 is 0. The Hall–Kier alpha value is -0.300. The van der Waals surface area contributed by atoms with Crippen molar-refractivity contribution in [2.24, 2.45) is 46.3 Å². The molecule has 0 amide bonds. The second-order valence-electron chi connectivity index (χ2n) is 10.9. The fraction of sp³-hybridized carbons (Fsp3) is 0.920. The van der Waals surface area contributed by atoms with Crippen molar-refractivity contribution in [2.45, 2.75) is 97.5 Å². The Morgan fingerprint density at radius 1 is 1.08 bits per heavy atom. The van der Waals surface area contributed by atoms with E-state index in [1.54, 1.807) is 0 Å². The molecule has 4 rings (SSSR count). The minimum atomic E-state index is -0.0516. The van der Waals surface area contributed by atoms with Gasteiger partial charge in [0.1, 0.15) is 0 Å². The van der Waals surface area contributed by atoms with Crippen LogP contribution in [0.3, 0.4) is 0 Å². The highest BCUT2D eigenvalue weighted by Crippen LogP contribution is 2.68. The Morgan fingerprint density at radius 3 is 2.62 bits per heavy atom. The summed E-state index contributed by atoms with van der Waals surface area (Å²) in [4.78, 5) is 0. The van der Waals surface area contributed by atoms with E-state index in [-0.39, 0.29) is 6.10 Å². The van der Waals surface area contributed by atoms with Gasteiger partial charge in [-0.3, -0.25) is 0 Å². The van der Waals surface area contributed by atoms with E-state index in [1.807, 2.05) is 0 Å². The maximum absolute atomic E-state index is 10.3. The van der Waals surface area contributed by atoms with Crippen molar-refractivity contribution in [1.29, 1.82) is 0 Å². The third kappa shape index (κ3) is 2.66. The van der Waals surface area contributed by atoms with Crippen LogP contribution in [0.15, 0.2) is 12.7 Å². The largest absolute Gasteiger partial charge is 0.393 e. The first-order valence-electron chi connectivity index (χ1n) is 11.8. The number of fused-ring (bicyclic) bond motifs is 5. The van der Waals surface area contributed by atoms with Crippen LogP contribution in [-0.4, -0.2) is 11.2 Å². The summed E-state index contributed by atoms with van der Waals surface area (Å²) in [7, 11) is 0. The molecule has 4 aliphatic carbocycles. The maximum atomic E-state index is 10.3. The van der Waals surface area contributed by atoms with E-state index in [2.05, 4.69) is 33.4 Å². The van der Waals surface area contributed by atoms with Crippen LogP contribution in [0.4, 0.5) is 0 Å². The number of rotatable bonds is 4. The van der Waals surface area contributed by atoms with Gasteiger partial charge in [-0.25, -0.2) is 0 Å². The van der Waals surface area contributed by atoms with Crippen molar-refractivity contribution in [1.82, 2.24) is 0 Å². The molecule has 1 heteroatoms. The lowest BCUT2D eigenvalue weighted by Crippen LogP contribution is -2.54. The highest BCUT2D eigenvalue weighted by atomic mass is 16.3. The van der Waals surface area contributed by atoms with Crippen LogP contribution < -0.4 is 0 Å². The molecule has 26 heavy (non-hydrogen) atoms. The van der Waals surface area contributed by atoms with Gasteiger partial charge >= 0.3 is 0 Å². The van der Waals surface area contributed by atoms with Gasteiger partial charge in [-0.05, 0) is 104 Å². The second-order valence-corrected chi connectivity index (χ2v) is 10.9. The summed E-state index contributed by atoms with van der Waals surface area (Å²) in [5, 5.41) is 10.3. The van der Waals surface area contributed by atoms with Crippen molar-refractivity contribution in [3.63, 3.8) is 0 Å². The van der Waals surface area contributed by atoms with Crippen molar-refractivity contribution in [2.75, 3.05) is 0 Å². The van der Waals surface area contributed by atoms with Gasteiger partial charge in [0.25, 0.3) is 0 Å². The normalized spacial score (nSPS) is 51.8. The van der Waals surface area contributed by atoms with Crippen LogP contribution in [0.25, 0.3) is 0 Å². The van der Waals surface area contributed by atoms with E-state index in [9.17, 15) is 5.11 Å². The summed E-state index contributed by atoms with van der Waals surface area (Å²) in [6.07, 6.45) is 16.9. The number of hydrogen-bond donors (Lipinski definition) is 1. The molecule has 4 fully saturated rings. The van der Waals surface area contributed by atoms with Gasteiger partial charge in [-0.1, -0.05) is 39.7 Å². The second kappa shape index (κ2) is 6.94. The maximum Gasteiger partial charge on any atom is 0.0543 e. The average molecular weight is 359 g/mol. The van der Waals surface area contributed by atoms with Gasteiger partial charge in [0.2, 0.25) is 0 Å². The molecule has 0 unspecified atom stereocenters. The summed E-state index contributed by atoms with van der Waals surface area (Å²) in [5.41, 5.74) is 0.940. The zero-order chi connectivity index (χ0) is 18.5. The van der Waals surface area contributed by atoms with Crippen LogP contribution >= 0.6 is 0 Å². The zero-order valence-electron chi connectivity index (χ0n) is 17.6. The number of allylic oxidation sites excluding steroid dienone is 1. The molecule has 148 valence electrons. The molecule has 0 bridgehead atoms. The molecule has 0 radical (unpaired) electrons. The van der Waals surface area contributed by atoms with E-state index < -0.39 is 0 Å². The minimum Gasteiger partial charge on any atom is -0.393 e. The molecule has 0 aromatic rings. The minimum absolute atomic E-state index is 0.0516. The summed E-state index contributed by atoms with van der Waals surface area (Å²) in [6, 6.07) is 0. The third-order valence-corrected chi connectivity index (χ3v) is 10.1. The SMILES string of the molecule is C=C[C@]12CC[C@@H](O)C[C@H]1CC[C@H]1[C@@H]3CC[C@H]([C@H](C)CCC)[C@@]3(C)CC[C@@H]12. The molecule has 0 aromatic carbocycles. The number of hydrogen-bond acceptors (Lipinski definition) is 1. The van der Waals surface area contributed by atoms with E-state index in [0.29, 0.717) is 16.7 Å².